The van der Waals surface area contributed by atoms with E-state index in [1.165, 1.54) is 22.3 Å². The van der Waals surface area contributed by atoms with Crippen LogP contribution in [0.4, 0.5) is 0 Å². The maximum atomic E-state index is 2.18. The van der Waals surface area contributed by atoms with E-state index in [1.807, 2.05) is 26.0 Å². The zero-order valence-corrected chi connectivity index (χ0v) is 12.1. The predicted octanol–water partition coefficient (Wildman–Crippen LogP) is 6.68. The predicted molar refractivity (Wildman–Crippen MR) is 95.4 cm³/mol. The van der Waals surface area contributed by atoms with E-state index < -0.39 is 0 Å². The molecule has 3 rings (SSSR count). The normalized spacial score (nSPS) is 9.05. The van der Waals surface area contributed by atoms with E-state index >= 15 is 0 Å². The van der Waals surface area contributed by atoms with Crippen LogP contribution in [0.3, 0.4) is 0 Å². The molecular formula is C21H24. The molecule has 0 fully saturated rings. The van der Waals surface area contributed by atoms with Gasteiger partial charge in [-0.15, -0.1) is 0 Å². The lowest BCUT2D eigenvalue weighted by Crippen LogP contribution is -1.79. The Hall–Kier alpha value is -2.34. The SMILES string of the molecule is C.CC.c1ccc(-c2ccc(-c3ccccc3)cc2)cc1. The molecule has 21 heavy (non-hydrogen) atoms. The van der Waals surface area contributed by atoms with Crippen LogP contribution in [0, 0.1) is 0 Å². The Morgan fingerprint density at radius 3 is 0.905 bits per heavy atom. The third-order valence-electron chi connectivity index (χ3n) is 3.10. The van der Waals surface area contributed by atoms with E-state index in [0.29, 0.717) is 0 Å². The first-order valence-electron chi connectivity index (χ1n) is 7.14. The molecule has 3 aromatic carbocycles. The Balaban J connectivity index is 0.000000706. The van der Waals surface area contributed by atoms with Crippen LogP contribution >= 0.6 is 0 Å². The van der Waals surface area contributed by atoms with Gasteiger partial charge < -0.3 is 0 Å². The van der Waals surface area contributed by atoms with Crippen LogP contribution in [-0.2, 0) is 0 Å². The van der Waals surface area contributed by atoms with Gasteiger partial charge in [-0.1, -0.05) is 106 Å². The van der Waals surface area contributed by atoms with Crippen molar-refractivity contribution in [2.75, 3.05) is 0 Å². The fourth-order valence-electron chi connectivity index (χ4n) is 2.12. The highest BCUT2D eigenvalue weighted by atomic mass is 14.0. The molecule has 0 amide bonds. The van der Waals surface area contributed by atoms with Crippen LogP contribution < -0.4 is 0 Å². The van der Waals surface area contributed by atoms with Crippen molar-refractivity contribution in [1.29, 1.82) is 0 Å². The molecular weight excluding hydrogens is 252 g/mol. The topological polar surface area (TPSA) is 0 Å². The molecule has 0 saturated carbocycles. The minimum absolute atomic E-state index is 0. The van der Waals surface area contributed by atoms with Crippen LogP contribution in [-0.4, -0.2) is 0 Å². The van der Waals surface area contributed by atoms with Crippen LogP contribution in [0.2, 0.25) is 0 Å². The summed E-state index contributed by atoms with van der Waals surface area (Å²) in [7, 11) is 0. The molecule has 0 atom stereocenters. The summed E-state index contributed by atoms with van der Waals surface area (Å²) in [6, 6.07) is 29.6. The summed E-state index contributed by atoms with van der Waals surface area (Å²) >= 11 is 0. The molecule has 0 radical (unpaired) electrons. The van der Waals surface area contributed by atoms with E-state index in [9.17, 15) is 0 Å². The first-order chi connectivity index (χ1) is 9.93. The maximum Gasteiger partial charge on any atom is -0.0184 e. The molecule has 0 bridgehead atoms. The van der Waals surface area contributed by atoms with Crippen LogP contribution in [0.5, 0.6) is 0 Å². The molecule has 0 aliphatic carbocycles. The van der Waals surface area contributed by atoms with E-state index in [2.05, 4.69) is 72.8 Å². The van der Waals surface area contributed by atoms with Crippen molar-refractivity contribution in [3.8, 4) is 22.3 Å². The molecule has 0 unspecified atom stereocenters. The molecule has 108 valence electrons. The van der Waals surface area contributed by atoms with Gasteiger partial charge in [0, 0.05) is 0 Å². The highest BCUT2D eigenvalue weighted by Gasteiger charge is 1.98. The molecule has 3 aromatic rings. The van der Waals surface area contributed by atoms with Crippen LogP contribution in [0.25, 0.3) is 22.3 Å². The monoisotopic (exact) mass is 276 g/mol. The van der Waals surface area contributed by atoms with Gasteiger partial charge in [-0.2, -0.15) is 0 Å². The Bertz CT molecular complexity index is 549. The van der Waals surface area contributed by atoms with Gasteiger partial charge in [0.05, 0.1) is 0 Å². The zero-order valence-electron chi connectivity index (χ0n) is 12.1. The van der Waals surface area contributed by atoms with Gasteiger partial charge in [-0.05, 0) is 22.3 Å². The highest BCUT2D eigenvalue weighted by molar-refractivity contribution is 5.70. The largest absolute Gasteiger partial charge is 0.0776 e. The quantitative estimate of drug-likeness (QED) is 0.489. The summed E-state index contributed by atoms with van der Waals surface area (Å²) in [5.41, 5.74) is 5.04. The summed E-state index contributed by atoms with van der Waals surface area (Å²) in [4.78, 5) is 0. The van der Waals surface area contributed by atoms with Gasteiger partial charge in [0.2, 0.25) is 0 Å². The van der Waals surface area contributed by atoms with Crippen molar-refractivity contribution in [2.24, 2.45) is 0 Å². The molecule has 0 heteroatoms. The summed E-state index contributed by atoms with van der Waals surface area (Å²) in [5, 5.41) is 0. The second-order valence-electron chi connectivity index (χ2n) is 4.31. The first-order valence-corrected chi connectivity index (χ1v) is 7.14. The van der Waals surface area contributed by atoms with Crippen molar-refractivity contribution in [1.82, 2.24) is 0 Å². The number of hydrogen-bond acceptors (Lipinski definition) is 0. The lowest BCUT2D eigenvalue weighted by Gasteiger charge is -2.04. The minimum atomic E-state index is 0. The maximum absolute atomic E-state index is 2.18. The molecule has 0 nitrogen and oxygen atoms in total. The first kappa shape index (κ1) is 16.7. The van der Waals surface area contributed by atoms with E-state index in [-0.39, 0.29) is 7.43 Å². The lowest BCUT2D eigenvalue weighted by molar-refractivity contribution is 1.50. The standard InChI is InChI=1S/C18H14.C2H6.CH4/c1-3-7-15(8-4-1)17-11-13-18(14-12-17)16-9-5-2-6-10-16;1-2;/h1-14H;1-2H3;1H4. The Labute approximate surface area is 129 Å². The van der Waals surface area contributed by atoms with Gasteiger partial charge in [-0.3, -0.25) is 0 Å². The Kier molecular flexibility index (Phi) is 6.97. The van der Waals surface area contributed by atoms with E-state index in [0.717, 1.165) is 0 Å². The third kappa shape index (κ3) is 4.32. The summed E-state index contributed by atoms with van der Waals surface area (Å²) in [6.07, 6.45) is 0. The molecule has 0 saturated heterocycles. The highest BCUT2D eigenvalue weighted by Crippen LogP contribution is 2.24. The molecule has 0 heterocycles. The summed E-state index contributed by atoms with van der Waals surface area (Å²) < 4.78 is 0. The lowest BCUT2D eigenvalue weighted by atomic mass is 10.0. The van der Waals surface area contributed by atoms with Gasteiger partial charge >= 0.3 is 0 Å². The van der Waals surface area contributed by atoms with Crippen LogP contribution in [0.1, 0.15) is 21.3 Å². The molecule has 0 aliphatic rings. The van der Waals surface area contributed by atoms with Crippen molar-refractivity contribution in [2.45, 2.75) is 21.3 Å². The number of benzene rings is 3. The fourth-order valence-corrected chi connectivity index (χ4v) is 2.12. The van der Waals surface area contributed by atoms with Gasteiger partial charge in [-0.25, -0.2) is 0 Å². The molecule has 0 spiro atoms. The van der Waals surface area contributed by atoms with Crippen molar-refractivity contribution < 1.29 is 0 Å². The van der Waals surface area contributed by atoms with E-state index in [4.69, 9.17) is 0 Å². The van der Waals surface area contributed by atoms with Gasteiger partial charge in [0.25, 0.3) is 0 Å². The van der Waals surface area contributed by atoms with Crippen LogP contribution in [0.15, 0.2) is 84.9 Å². The molecule has 0 N–H and O–H groups in total. The van der Waals surface area contributed by atoms with Gasteiger partial charge in [0.15, 0.2) is 0 Å². The van der Waals surface area contributed by atoms with E-state index in [1.54, 1.807) is 0 Å². The second-order valence-corrected chi connectivity index (χ2v) is 4.31. The second kappa shape index (κ2) is 8.76. The third-order valence-corrected chi connectivity index (χ3v) is 3.10. The number of hydrogen-bond donors (Lipinski definition) is 0. The molecule has 0 aliphatic heterocycles. The fraction of sp³-hybridized carbons (Fsp3) is 0.143. The minimum Gasteiger partial charge on any atom is -0.0776 e. The average Bonchev–Trinajstić information content (AvgIpc) is 2.58. The smallest absolute Gasteiger partial charge is 0.0184 e. The summed E-state index contributed by atoms with van der Waals surface area (Å²) in [6.45, 7) is 4.00. The summed E-state index contributed by atoms with van der Waals surface area (Å²) in [5.74, 6) is 0. The average molecular weight is 276 g/mol. The van der Waals surface area contributed by atoms with Crippen molar-refractivity contribution in [3.05, 3.63) is 84.9 Å². The Morgan fingerprint density at radius 2 is 0.619 bits per heavy atom. The van der Waals surface area contributed by atoms with Gasteiger partial charge in [0.1, 0.15) is 0 Å². The van der Waals surface area contributed by atoms with Crippen molar-refractivity contribution >= 4 is 0 Å². The zero-order chi connectivity index (χ0) is 14.2. The molecule has 0 aromatic heterocycles. The van der Waals surface area contributed by atoms with Crippen molar-refractivity contribution in [3.63, 3.8) is 0 Å². The Morgan fingerprint density at radius 1 is 0.381 bits per heavy atom. The number of rotatable bonds is 2.